The largest absolute Gasteiger partial charge is 0.311 e. The second-order valence-electron chi connectivity index (χ2n) is 4.75. The average Bonchev–Trinajstić information content (AvgIpc) is 3.02. The number of rotatable bonds is 6. The van der Waals surface area contributed by atoms with E-state index in [4.69, 9.17) is 0 Å². The predicted molar refractivity (Wildman–Crippen MR) is 83.0 cm³/mol. The lowest BCUT2D eigenvalue weighted by Gasteiger charge is -2.14. The van der Waals surface area contributed by atoms with Crippen molar-refractivity contribution in [2.24, 2.45) is 5.92 Å². The molecule has 1 aliphatic heterocycles. The van der Waals surface area contributed by atoms with E-state index in [0.717, 1.165) is 29.8 Å². The normalized spacial score (nSPS) is 18.7. The Hall–Kier alpha value is -0.590. The highest BCUT2D eigenvalue weighted by Gasteiger charge is 2.16. The van der Waals surface area contributed by atoms with Gasteiger partial charge in [-0.1, -0.05) is 0 Å². The van der Waals surface area contributed by atoms with Crippen molar-refractivity contribution in [3.05, 3.63) is 11.1 Å². The third-order valence-corrected chi connectivity index (χ3v) is 5.37. The fraction of sp³-hybridized carbons (Fsp3) is 0.692. The Kier molecular flexibility index (Phi) is 5.66. The maximum atomic E-state index is 11.4. The average molecular weight is 299 g/mol. The van der Waals surface area contributed by atoms with E-state index in [2.05, 4.69) is 10.3 Å². The molecule has 2 rings (SSSR count). The van der Waals surface area contributed by atoms with E-state index in [-0.39, 0.29) is 5.91 Å². The van der Waals surface area contributed by atoms with Gasteiger partial charge in [0.15, 0.2) is 5.13 Å². The summed E-state index contributed by atoms with van der Waals surface area (Å²) in [5, 5.41) is 6.32. The lowest BCUT2D eigenvalue weighted by Crippen LogP contribution is -2.28. The minimum Gasteiger partial charge on any atom is -0.311 e. The van der Waals surface area contributed by atoms with Gasteiger partial charge in [0.1, 0.15) is 0 Å². The summed E-state index contributed by atoms with van der Waals surface area (Å²) in [5.74, 6) is 3.45. The van der Waals surface area contributed by atoms with Crippen LogP contribution in [-0.4, -0.2) is 35.5 Å². The van der Waals surface area contributed by atoms with Gasteiger partial charge in [0.25, 0.3) is 0 Å². The zero-order chi connectivity index (χ0) is 13.7. The van der Waals surface area contributed by atoms with E-state index >= 15 is 0 Å². The van der Waals surface area contributed by atoms with E-state index in [1.807, 2.05) is 24.1 Å². The van der Waals surface area contributed by atoms with Crippen LogP contribution < -0.4 is 10.2 Å². The zero-order valence-corrected chi connectivity index (χ0v) is 13.1. The highest BCUT2D eigenvalue weighted by atomic mass is 32.2. The lowest BCUT2D eigenvalue weighted by atomic mass is 10.1. The van der Waals surface area contributed by atoms with Crippen LogP contribution >= 0.6 is 23.1 Å². The third-order valence-electron chi connectivity index (χ3n) is 3.23. The molecule has 106 valence electrons. The summed E-state index contributed by atoms with van der Waals surface area (Å²) in [5.41, 5.74) is 1.03. The number of nitrogens with zero attached hydrogens (tertiary/aromatic N) is 2. The molecule has 0 radical (unpaired) electrons. The summed E-state index contributed by atoms with van der Waals surface area (Å²) in [6.45, 7) is 6.10. The second kappa shape index (κ2) is 7.26. The number of hydrogen-bond donors (Lipinski definition) is 1. The number of carbonyl (C=O) groups excluding carboxylic acids is 1. The molecule has 1 saturated heterocycles. The Bertz CT molecular complexity index is 416. The summed E-state index contributed by atoms with van der Waals surface area (Å²) in [6, 6.07) is 0. The molecular formula is C13H21N3OS2. The number of thiazole rings is 1. The minimum absolute atomic E-state index is 0.0549. The first kappa shape index (κ1) is 14.8. The molecule has 0 aliphatic carbocycles. The molecule has 0 bridgehead atoms. The topological polar surface area (TPSA) is 45.2 Å². The van der Waals surface area contributed by atoms with Crippen molar-refractivity contribution in [1.29, 1.82) is 0 Å². The Morgan fingerprint density at radius 2 is 2.47 bits per heavy atom. The van der Waals surface area contributed by atoms with E-state index < -0.39 is 0 Å². The molecule has 1 aromatic heterocycles. The van der Waals surface area contributed by atoms with Gasteiger partial charge in [0.05, 0.1) is 5.69 Å². The Morgan fingerprint density at radius 1 is 1.63 bits per heavy atom. The van der Waals surface area contributed by atoms with Crippen LogP contribution in [0.2, 0.25) is 0 Å². The molecule has 19 heavy (non-hydrogen) atoms. The zero-order valence-electron chi connectivity index (χ0n) is 11.5. The van der Waals surface area contributed by atoms with Crippen LogP contribution in [0, 0.1) is 5.92 Å². The van der Waals surface area contributed by atoms with Gasteiger partial charge in [-0.3, -0.25) is 9.69 Å². The van der Waals surface area contributed by atoms with Gasteiger partial charge in [-0.05, 0) is 37.3 Å². The van der Waals surface area contributed by atoms with Crippen LogP contribution in [0.4, 0.5) is 5.13 Å². The van der Waals surface area contributed by atoms with Crippen molar-refractivity contribution in [2.45, 2.75) is 26.8 Å². The molecule has 6 heteroatoms. The van der Waals surface area contributed by atoms with Gasteiger partial charge < -0.3 is 5.32 Å². The summed E-state index contributed by atoms with van der Waals surface area (Å²) in [6.07, 6.45) is 1.33. The molecule has 1 amide bonds. The lowest BCUT2D eigenvalue weighted by molar-refractivity contribution is -0.116. The minimum atomic E-state index is 0.0549. The Labute approximate surface area is 123 Å². The third kappa shape index (κ3) is 4.19. The number of thioether (sulfide) groups is 1. The Morgan fingerprint density at radius 3 is 3.11 bits per heavy atom. The first-order valence-electron chi connectivity index (χ1n) is 6.71. The fourth-order valence-electron chi connectivity index (χ4n) is 2.14. The summed E-state index contributed by atoms with van der Waals surface area (Å²) >= 11 is 3.59. The van der Waals surface area contributed by atoms with Gasteiger partial charge >= 0.3 is 0 Å². The van der Waals surface area contributed by atoms with Crippen LogP contribution in [0.5, 0.6) is 0 Å². The molecule has 1 unspecified atom stereocenters. The maximum Gasteiger partial charge on any atom is 0.225 e. The van der Waals surface area contributed by atoms with Crippen molar-refractivity contribution in [1.82, 2.24) is 10.3 Å². The van der Waals surface area contributed by atoms with Crippen molar-refractivity contribution in [2.75, 3.05) is 29.5 Å². The van der Waals surface area contributed by atoms with Crippen LogP contribution in [-0.2, 0) is 11.3 Å². The van der Waals surface area contributed by atoms with Gasteiger partial charge in [-0.2, -0.15) is 11.8 Å². The van der Waals surface area contributed by atoms with E-state index in [0.29, 0.717) is 6.54 Å². The smallest absolute Gasteiger partial charge is 0.225 e. The molecule has 2 heterocycles. The predicted octanol–water partition coefficient (Wildman–Crippen LogP) is 2.36. The highest BCUT2D eigenvalue weighted by Crippen LogP contribution is 2.23. The van der Waals surface area contributed by atoms with Gasteiger partial charge in [0, 0.05) is 25.4 Å². The molecule has 1 aromatic rings. The van der Waals surface area contributed by atoms with E-state index in [9.17, 15) is 4.79 Å². The van der Waals surface area contributed by atoms with Crippen molar-refractivity contribution >= 4 is 34.1 Å². The number of aromatic nitrogens is 1. The number of amides is 1. The van der Waals surface area contributed by atoms with Crippen molar-refractivity contribution < 1.29 is 4.79 Å². The summed E-state index contributed by atoms with van der Waals surface area (Å²) in [4.78, 5) is 17.7. The molecule has 1 fully saturated rings. The maximum absolute atomic E-state index is 11.4. The molecule has 1 N–H and O–H groups in total. The SMILES string of the molecule is CCN(C(C)=O)c1nc(CNCC2CCSC2)cs1. The summed E-state index contributed by atoms with van der Waals surface area (Å²) in [7, 11) is 0. The number of nitrogens with one attached hydrogen (secondary N) is 1. The van der Waals surface area contributed by atoms with Crippen LogP contribution in [0.1, 0.15) is 26.0 Å². The quantitative estimate of drug-likeness (QED) is 0.876. The molecule has 1 atom stereocenters. The number of hydrogen-bond acceptors (Lipinski definition) is 5. The molecule has 1 aliphatic rings. The number of anilines is 1. The molecule has 0 spiro atoms. The molecule has 4 nitrogen and oxygen atoms in total. The molecule has 0 aromatic carbocycles. The fourth-order valence-corrected chi connectivity index (χ4v) is 4.36. The van der Waals surface area contributed by atoms with E-state index in [1.54, 1.807) is 23.2 Å². The highest BCUT2D eigenvalue weighted by molar-refractivity contribution is 7.99. The van der Waals surface area contributed by atoms with Gasteiger partial charge in [0.2, 0.25) is 5.91 Å². The first-order chi connectivity index (χ1) is 9.20. The standard InChI is InChI=1S/C13H21N3OS2/c1-3-16(10(2)17)13-15-12(9-19-13)7-14-6-11-4-5-18-8-11/h9,11,14H,3-8H2,1-2H3. The van der Waals surface area contributed by atoms with Crippen LogP contribution in [0.3, 0.4) is 0 Å². The molecular weight excluding hydrogens is 278 g/mol. The number of carbonyl (C=O) groups is 1. The van der Waals surface area contributed by atoms with Gasteiger partial charge in [-0.25, -0.2) is 4.98 Å². The second-order valence-corrected chi connectivity index (χ2v) is 6.73. The van der Waals surface area contributed by atoms with Crippen LogP contribution in [0.25, 0.3) is 0 Å². The molecule has 0 saturated carbocycles. The van der Waals surface area contributed by atoms with Crippen molar-refractivity contribution in [3.8, 4) is 0 Å². The first-order valence-corrected chi connectivity index (χ1v) is 8.75. The van der Waals surface area contributed by atoms with Crippen molar-refractivity contribution in [3.63, 3.8) is 0 Å². The monoisotopic (exact) mass is 299 g/mol. The van der Waals surface area contributed by atoms with Crippen LogP contribution in [0.15, 0.2) is 5.38 Å². The van der Waals surface area contributed by atoms with Gasteiger partial charge in [-0.15, -0.1) is 11.3 Å². The van der Waals surface area contributed by atoms with E-state index in [1.165, 1.54) is 17.9 Å². The Balaban J connectivity index is 1.81. The summed E-state index contributed by atoms with van der Waals surface area (Å²) < 4.78 is 0.